The van der Waals surface area contributed by atoms with Crippen LogP contribution >= 0.6 is 27.5 Å². The van der Waals surface area contributed by atoms with E-state index in [2.05, 4.69) is 27.0 Å². The molecule has 0 aromatic heterocycles. The topological polar surface area (TPSA) is 51.1 Å². The summed E-state index contributed by atoms with van der Waals surface area (Å²) in [6.07, 6.45) is 1.49. The maximum absolute atomic E-state index is 12.4. The van der Waals surface area contributed by atoms with Crippen molar-refractivity contribution in [2.75, 3.05) is 26.7 Å². The molecule has 0 saturated carbocycles. The average molecular weight is 508 g/mol. The molecule has 0 spiro atoms. The van der Waals surface area contributed by atoms with Crippen LogP contribution in [0.1, 0.15) is 37.5 Å². The van der Waals surface area contributed by atoms with Gasteiger partial charge in [0.1, 0.15) is 23.7 Å². The molecule has 0 N–H and O–H groups in total. The van der Waals surface area contributed by atoms with E-state index in [1.807, 2.05) is 56.0 Å². The molecule has 0 fully saturated rings. The largest absolute Gasteiger partial charge is 0.496 e. The molecule has 2 aromatic rings. The first kappa shape index (κ1) is 23.6. The van der Waals surface area contributed by atoms with E-state index in [4.69, 9.17) is 21.1 Å². The zero-order valence-electron chi connectivity index (χ0n) is 18.4. The van der Waals surface area contributed by atoms with Gasteiger partial charge in [-0.05, 0) is 69.0 Å². The molecular weight excluding hydrogens is 480 g/mol. The minimum absolute atomic E-state index is 0.168. The van der Waals surface area contributed by atoms with Crippen molar-refractivity contribution < 1.29 is 14.3 Å². The van der Waals surface area contributed by atoms with Crippen molar-refractivity contribution in [2.24, 2.45) is 4.99 Å². The lowest BCUT2D eigenvalue weighted by Crippen LogP contribution is -2.37. The second kappa shape index (κ2) is 10.0. The minimum atomic E-state index is -0.516. The molecule has 0 radical (unpaired) electrons. The summed E-state index contributed by atoms with van der Waals surface area (Å²) in [7, 11) is 1.68. The zero-order valence-corrected chi connectivity index (χ0v) is 20.7. The quantitative estimate of drug-likeness (QED) is 0.477. The van der Waals surface area contributed by atoms with Crippen LogP contribution in [0.2, 0.25) is 5.02 Å². The number of nitrogens with zero attached hydrogens (tertiary/aromatic N) is 2. The van der Waals surface area contributed by atoms with Crippen LogP contribution in [-0.2, 0) is 22.4 Å². The van der Waals surface area contributed by atoms with Crippen LogP contribution in [0.4, 0.5) is 0 Å². The smallest absolute Gasteiger partial charge is 0.326 e. The van der Waals surface area contributed by atoms with Gasteiger partial charge >= 0.3 is 5.97 Å². The number of halogens is 2. The number of rotatable bonds is 7. The number of hydrogen-bond acceptors (Lipinski definition) is 5. The number of carbonyl (C=O) groups excluding carboxylic acids is 1. The average Bonchev–Trinajstić information content (AvgIpc) is 3.13. The number of carbonyl (C=O) groups is 1. The van der Waals surface area contributed by atoms with E-state index in [-0.39, 0.29) is 12.5 Å². The number of aliphatic imine (C=N–C) groups is 1. The van der Waals surface area contributed by atoms with E-state index in [1.54, 1.807) is 7.11 Å². The van der Waals surface area contributed by atoms with Gasteiger partial charge in [0.15, 0.2) is 0 Å². The van der Waals surface area contributed by atoms with Crippen molar-refractivity contribution in [3.63, 3.8) is 0 Å². The first-order valence-electron chi connectivity index (χ1n) is 10.3. The molecule has 1 aliphatic heterocycles. The Morgan fingerprint density at radius 1 is 1.23 bits per heavy atom. The van der Waals surface area contributed by atoms with Crippen molar-refractivity contribution in [3.05, 3.63) is 62.6 Å². The Morgan fingerprint density at radius 3 is 2.71 bits per heavy atom. The first-order chi connectivity index (χ1) is 14.7. The number of methoxy groups -OCH3 is 1. The van der Waals surface area contributed by atoms with Crippen molar-refractivity contribution in [3.8, 4) is 5.75 Å². The van der Waals surface area contributed by atoms with Gasteiger partial charge in [0.25, 0.3) is 0 Å². The van der Waals surface area contributed by atoms with Gasteiger partial charge in [-0.2, -0.15) is 0 Å². The highest BCUT2D eigenvalue weighted by atomic mass is 79.9. The number of aryl methyl sites for hydroxylation is 1. The summed E-state index contributed by atoms with van der Waals surface area (Å²) in [4.78, 5) is 19.1. The fourth-order valence-electron chi connectivity index (χ4n) is 3.65. The van der Waals surface area contributed by atoms with Gasteiger partial charge in [0, 0.05) is 21.6 Å². The highest BCUT2D eigenvalue weighted by Crippen LogP contribution is 2.28. The van der Waals surface area contributed by atoms with Crippen LogP contribution in [-0.4, -0.2) is 49.0 Å². The zero-order chi connectivity index (χ0) is 22.6. The molecule has 3 rings (SSSR count). The predicted molar refractivity (Wildman–Crippen MR) is 128 cm³/mol. The minimum Gasteiger partial charge on any atom is -0.496 e. The molecular formula is C24H28BrClN2O3. The number of amidine groups is 1. The van der Waals surface area contributed by atoms with Gasteiger partial charge in [-0.15, -0.1) is 0 Å². The molecule has 0 saturated heterocycles. The van der Waals surface area contributed by atoms with Gasteiger partial charge in [0.2, 0.25) is 0 Å². The van der Waals surface area contributed by atoms with Gasteiger partial charge in [-0.3, -0.25) is 9.79 Å². The molecule has 2 aromatic carbocycles. The van der Waals surface area contributed by atoms with Gasteiger partial charge in [-0.25, -0.2) is 0 Å². The van der Waals surface area contributed by atoms with Crippen molar-refractivity contribution in [1.82, 2.24) is 4.90 Å². The fourth-order valence-corrected chi connectivity index (χ4v) is 4.32. The van der Waals surface area contributed by atoms with E-state index in [0.29, 0.717) is 18.1 Å². The second-order valence-electron chi connectivity index (χ2n) is 8.44. The number of hydrogen-bond donors (Lipinski definition) is 0. The molecule has 1 aliphatic rings. The maximum Gasteiger partial charge on any atom is 0.326 e. The first-order valence-corrected chi connectivity index (χ1v) is 11.5. The molecule has 0 atom stereocenters. The van der Waals surface area contributed by atoms with Crippen LogP contribution in [0.25, 0.3) is 0 Å². The predicted octanol–water partition coefficient (Wildman–Crippen LogP) is 5.30. The lowest BCUT2D eigenvalue weighted by Gasteiger charge is -2.25. The van der Waals surface area contributed by atoms with Crippen LogP contribution < -0.4 is 4.74 Å². The van der Waals surface area contributed by atoms with Crippen molar-refractivity contribution >= 4 is 39.3 Å². The summed E-state index contributed by atoms with van der Waals surface area (Å²) in [6.45, 7) is 7.10. The molecule has 5 nitrogen and oxygen atoms in total. The maximum atomic E-state index is 12.4. The highest BCUT2D eigenvalue weighted by molar-refractivity contribution is 9.10. The summed E-state index contributed by atoms with van der Waals surface area (Å²) in [5, 5.41) is 0.693. The summed E-state index contributed by atoms with van der Waals surface area (Å²) in [5.41, 5.74) is 2.56. The Balaban J connectivity index is 1.82. The molecule has 0 amide bonds. The highest BCUT2D eigenvalue weighted by Gasteiger charge is 2.26. The Bertz CT molecular complexity index is 985. The molecule has 7 heteroatoms. The molecule has 166 valence electrons. The SMILES string of the molecule is COc1ccc(Br)cc1CCc1c(Cl)cccc1C1=NCCN1CC(=O)OC(C)(C)C. The van der Waals surface area contributed by atoms with Crippen molar-refractivity contribution in [2.45, 2.75) is 39.2 Å². The molecule has 0 aliphatic carbocycles. The monoisotopic (exact) mass is 506 g/mol. The number of benzene rings is 2. The van der Waals surface area contributed by atoms with Gasteiger partial charge < -0.3 is 14.4 Å². The Labute approximate surface area is 197 Å². The summed E-state index contributed by atoms with van der Waals surface area (Å²) in [5.74, 6) is 1.38. The molecule has 0 unspecified atom stereocenters. The third-order valence-electron chi connectivity index (χ3n) is 4.92. The van der Waals surface area contributed by atoms with E-state index in [1.165, 1.54) is 0 Å². The lowest BCUT2D eigenvalue weighted by atomic mass is 9.98. The summed E-state index contributed by atoms with van der Waals surface area (Å²) >= 11 is 10.1. The molecule has 1 heterocycles. The third-order valence-corrected chi connectivity index (χ3v) is 5.76. The molecule has 0 bridgehead atoms. The van der Waals surface area contributed by atoms with E-state index in [9.17, 15) is 4.79 Å². The van der Waals surface area contributed by atoms with Crippen LogP contribution in [0.15, 0.2) is 45.9 Å². The van der Waals surface area contributed by atoms with E-state index >= 15 is 0 Å². The summed E-state index contributed by atoms with van der Waals surface area (Å²) < 4.78 is 12.0. The van der Waals surface area contributed by atoms with Crippen LogP contribution in [0.5, 0.6) is 5.75 Å². The second-order valence-corrected chi connectivity index (χ2v) is 9.76. The van der Waals surface area contributed by atoms with Gasteiger partial charge in [0.05, 0.1) is 13.7 Å². The van der Waals surface area contributed by atoms with E-state index in [0.717, 1.165) is 45.6 Å². The summed E-state index contributed by atoms with van der Waals surface area (Å²) in [6, 6.07) is 11.8. The van der Waals surface area contributed by atoms with Crippen LogP contribution in [0.3, 0.4) is 0 Å². The fraction of sp³-hybridized carbons (Fsp3) is 0.417. The number of esters is 1. The van der Waals surface area contributed by atoms with E-state index < -0.39 is 5.60 Å². The van der Waals surface area contributed by atoms with Crippen LogP contribution in [0, 0.1) is 0 Å². The lowest BCUT2D eigenvalue weighted by molar-refractivity contribution is -0.155. The number of ether oxygens (including phenoxy) is 2. The third kappa shape index (κ3) is 6.23. The van der Waals surface area contributed by atoms with Crippen molar-refractivity contribution in [1.29, 1.82) is 0 Å². The molecule has 31 heavy (non-hydrogen) atoms. The van der Waals surface area contributed by atoms with Gasteiger partial charge in [-0.1, -0.05) is 39.7 Å². The Kier molecular flexibility index (Phi) is 7.65. The standard InChI is InChI=1S/C24H28BrClN2O3/c1-24(2,3)31-22(29)15-28-13-12-27-23(28)19-6-5-7-20(26)18(19)10-8-16-14-17(25)9-11-21(16)30-4/h5-7,9,11,14H,8,10,12-13,15H2,1-4H3. The normalized spacial score (nSPS) is 13.9. The Hall–Kier alpha value is -2.05. The Morgan fingerprint density at radius 2 is 2.00 bits per heavy atom.